The van der Waals surface area contributed by atoms with Gasteiger partial charge in [0.25, 0.3) is 10.0 Å². The summed E-state index contributed by atoms with van der Waals surface area (Å²) in [6.07, 6.45) is 0.980. The van der Waals surface area contributed by atoms with Crippen LogP contribution in [0, 0.1) is 0 Å². The fourth-order valence-corrected chi connectivity index (χ4v) is 6.76. The topological polar surface area (TPSA) is 92.8 Å². The average molecular weight is 435 g/mol. The van der Waals surface area contributed by atoms with Crippen molar-refractivity contribution in [3.05, 3.63) is 33.5 Å². The highest BCUT2D eigenvalue weighted by atomic mass is 35.5. The number of hydrogen-bond donors (Lipinski definition) is 1. The van der Waals surface area contributed by atoms with Gasteiger partial charge in [0.1, 0.15) is 15.3 Å². The van der Waals surface area contributed by atoms with Crippen molar-refractivity contribution >= 4 is 61.2 Å². The highest BCUT2D eigenvalue weighted by Crippen LogP contribution is 2.33. The monoisotopic (exact) mass is 434 g/mol. The third-order valence-electron chi connectivity index (χ3n) is 3.93. The molecular formula is C15H15ClN2O5S3. The number of anilines is 1. The normalized spacial score (nSPS) is 18.0. The number of carbonyl (C=O) groups excluding carboxylic acids is 2. The maximum Gasteiger partial charge on any atom is 0.340 e. The molecule has 7 nitrogen and oxygen atoms in total. The number of amides is 1. The molecule has 1 unspecified atom stereocenters. The Balaban J connectivity index is 1.81. The molecule has 0 saturated carbocycles. The van der Waals surface area contributed by atoms with Crippen molar-refractivity contribution in [2.75, 3.05) is 19.0 Å². The van der Waals surface area contributed by atoms with Gasteiger partial charge in [-0.05, 0) is 36.4 Å². The molecule has 0 aliphatic carbocycles. The molecule has 26 heavy (non-hydrogen) atoms. The Kier molecular flexibility index (Phi) is 5.68. The minimum atomic E-state index is -3.80. The standard InChI is InChI=1S/C15H15ClN2O5S3/c1-23-15(20)9-6-8-24-14(9)17-13(19)10-3-2-7-18(10)26(21,22)12-5-4-11(16)25-12/h4-6,8,10H,2-3,7H2,1H3,(H,17,19). The summed E-state index contributed by atoms with van der Waals surface area (Å²) in [4.78, 5) is 24.4. The van der Waals surface area contributed by atoms with Gasteiger partial charge in [0.15, 0.2) is 0 Å². The lowest BCUT2D eigenvalue weighted by Crippen LogP contribution is -2.42. The molecule has 0 spiro atoms. The van der Waals surface area contributed by atoms with Crippen molar-refractivity contribution in [2.45, 2.75) is 23.1 Å². The van der Waals surface area contributed by atoms with Gasteiger partial charge in [0.05, 0.1) is 17.0 Å². The number of nitrogens with one attached hydrogen (secondary N) is 1. The lowest BCUT2D eigenvalue weighted by atomic mass is 10.2. The van der Waals surface area contributed by atoms with Gasteiger partial charge in [-0.15, -0.1) is 22.7 Å². The third kappa shape index (κ3) is 3.65. The molecule has 2 aromatic rings. The Hall–Kier alpha value is -1.46. The van der Waals surface area contributed by atoms with E-state index in [1.165, 1.54) is 34.9 Å². The molecule has 1 amide bonds. The molecule has 1 aliphatic rings. The highest BCUT2D eigenvalue weighted by molar-refractivity contribution is 7.91. The summed E-state index contributed by atoms with van der Waals surface area (Å²) in [6, 6.07) is 3.65. The van der Waals surface area contributed by atoms with Crippen LogP contribution >= 0.6 is 34.3 Å². The summed E-state index contributed by atoms with van der Waals surface area (Å²) < 4.78 is 32.0. The van der Waals surface area contributed by atoms with Crippen LogP contribution in [0.4, 0.5) is 5.00 Å². The van der Waals surface area contributed by atoms with Crippen LogP contribution in [0.5, 0.6) is 0 Å². The van der Waals surface area contributed by atoms with Crippen molar-refractivity contribution < 1.29 is 22.7 Å². The van der Waals surface area contributed by atoms with Gasteiger partial charge in [-0.25, -0.2) is 13.2 Å². The number of ether oxygens (including phenoxy) is 1. The van der Waals surface area contributed by atoms with Gasteiger partial charge in [-0.3, -0.25) is 4.79 Å². The lowest BCUT2D eigenvalue weighted by molar-refractivity contribution is -0.119. The summed E-state index contributed by atoms with van der Waals surface area (Å²) in [5.74, 6) is -1.04. The zero-order chi connectivity index (χ0) is 18.9. The molecule has 3 rings (SSSR count). The van der Waals surface area contributed by atoms with Crippen LogP contribution in [-0.2, 0) is 19.6 Å². The molecular weight excluding hydrogens is 420 g/mol. The molecule has 1 aliphatic heterocycles. The Bertz CT molecular complexity index is 937. The molecule has 11 heteroatoms. The zero-order valence-electron chi connectivity index (χ0n) is 13.6. The van der Waals surface area contributed by atoms with E-state index in [4.69, 9.17) is 11.6 Å². The van der Waals surface area contributed by atoms with E-state index in [0.717, 1.165) is 11.3 Å². The van der Waals surface area contributed by atoms with Crippen LogP contribution in [0.2, 0.25) is 4.34 Å². The van der Waals surface area contributed by atoms with Crippen LogP contribution in [0.25, 0.3) is 0 Å². The van der Waals surface area contributed by atoms with Crippen LogP contribution < -0.4 is 5.32 Å². The minimum Gasteiger partial charge on any atom is -0.465 e. The largest absolute Gasteiger partial charge is 0.465 e. The van der Waals surface area contributed by atoms with Crippen LogP contribution in [0.1, 0.15) is 23.2 Å². The zero-order valence-corrected chi connectivity index (χ0v) is 16.8. The second-order valence-corrected chi connectivity index (χ2v) is 10.2. The Morgan fingerprint density at radius 3 is 2.77 bits per heavy atom. The maximum absolute atomic E-state index is 12.8. The summed E-state index contributed by atoms with van der Waals surface area (Å²) in [6.45, 7) is 0.254. The van der Waals surface area contributed by atoms with E-state index in [2.05, 4.69) is 10.1 Å². The number of hydrogen-bond acceptors (Lipinski definition) is 7. The number of methoxy groups -OCH3 is 1. The van der Waals surface area contributed by atoms with E-state index < -0.39 is 27.9 Å². The molecule has 0 radical (unpaired) electrons. The molecule has 0 bridgehead atoms. The maximum atomic E-state index is 12.8. The first-order valence-corrected chi connectivity index (χ1v) is 11.1. The van der Waals surface area contributed by atoms with Gasteiger partial charge in [-0.2, -0.15) is 4.31 Å². The van der Waals surface area contributed by atoms with Crippen molar-refractivity contribution in [3.63, 3.8) is 0 Å². The van der Waals surface area contributed by atoms with Crippen molar-refractivity contribution in [3.8, 4) is 0 Å². The molecule has 1 fully saturated rings. The van der Waals surface area contributed by atoms with Gasteiger partial charge in [0, 0.05) is 6.54 Å². The SMILES string of the molecule is COC(=O)c1ccsc1NC(=O)C1CCCN1S(=O)(=O)c1ccc(Cl)s1. The molecule has 0 aromatic carbocycles. The van der Waals surface area contributed by atoms with E-state index in [-0.39, 0.29) is 16.3 Å². The van der Waals surface area contributed by atoms with E-state index in [1.807, 2.05) is 0 Å². The first-order valence-electron chi connectivity index (χ1n) is 7.58. The first-order chi connectivity index (χ1) is 12.3. The summed E-state index contributed by atoms with van der Waals surface area (Å²) in [5, 5.41) is 4.65. The number of thiophene rings is 2. The molecule has 1 atom stereocenters. The second-order valence-electron chi connectivity index (χ2n) is 5.48. The fraction of sp³-hybridized carbons (Fsp3) is 0.333. The quantitative estimate of drug-likeness (QED) is 0.730. The molecule has 1 N–H and O–H groups in total. The number of sulfonamides is 1. The van der Waals surface area contributed by atoms with Crippen LogP contribution in [0.15, 0.2) is 27.8 Å². The van der Waals surface area contributed by atoms with Gasteiger partial charge >= 0.3 is 5.97 Å². The van der Waals surface area contributed by atoms with E-state index in [0.29, 0.717) is 22.2 Å². The number of halogens is 1. The van der Waals surface area contributed by atoms with Crippen LogP contribution in [0.3, 0.4) is 0 Å². The van der Waals surface area contributed by atoms with Crippen LogP contribution in [-0.4, -0.2) is 44.3 Å². The Morgan fingerprint density at radius 2 is 2.12 bits per heavy atom. The number of nitrogens with zero attached hydrogens (tertiary/aromatic N) is 1. The van der Waals surface area contributed by atoms with Crippen molar-refractivity contribution in [2.24, 2.45) is 0 Å². The second kappa shape index (κ2) is 7.65. The molecule has 3 heterocycles. The minimum absolute atomic E-state index is 0.105. The summed E-state index contributed by atoms with van der Waals surface area (Å²) in [7, 11) is -2.55. The fourth-order valence-electron chi connectivity index (χ4n) is 2.71. The molecule has 1 saturated heterocycles. The van der Waals surface area contributed by atoms with E-state index in [1.54, 1.807) is 11.4 Å². The Labute approximate surface area is 163 Å². The highest BCUT2D eigenvalue weighted by Gasteiger charge is 2.40. The van der Waals surface area contributed by atoms with E-state index in [9.17, 15) is 18.0 Å². The van der Waals surface area contributed by atoms with Gasteiger partial charge in [-0.1, -0.05) is 11.6 Å². The number of esters is 1. The van der Waals surface area contributed by atoms with Gasteiger partial charge < -0.3 is 10.1 Å². The molecule has 2 aromatic heterocycles. The number of carbonyl (C=O) groups is 2. The summed E-state index contributed by atoms with van der Waals surface area (Å²) >= 11 is 7.97. The molecule has 140 valence electrons. The number of rotatable bonds is 5. The predicted molar refractivity (Wildman–Crippen MR) is 101 cm³/mol. The Morgan fingerprint density at radius 1 is 1.35 bits per heavy atom. The van der Waals surface area contributed by atoms with E-state index >= 15 is 0 Å². The summed E-state index contributed by atoms with van der Waals surface area (Å²) in [5.41, 5.74) is 0.239. The first kappa shape index (κ1) is 19.3. The average Bonchev–Trinajstić information content (AvgIpc) is 3.34. The van der Waals surface area contributed by atoms with Crippen molar-refractivity contribution in [1.29, 1.82) is 0 Å². The third-order valence-corrected chi connectivity index (χ3v) is 8.36. The van der Waals surface area contributed by atoms with Crippen molar-refractivity contribution in [1.82, 2.24) is 4.31 Å². The smallest absolute Gasteiger partial charge is 0.340 e. The predicted octanol–water partition coefficient (Wildman–Crippen LogP) is 3.04. The lowest BCUT2D eigenvalue weighted by Gasteiger charge is -2.22. The van der Waals surface area contributed by atoms with Gasteiger partial charge in [0.2, 0.25) is 5.91 Å².